The molecule has 2 aromatic rings. The van der Waals surface area contributed by atoms with Gasteiger partial charge in [-0.15, -0.1) is 0 Å². The summed E-state index contributed by atoms with van der Waals surface area (Å²) >= 11 is 1.72. The molecule has 0 amide bonds. The average Bonchev–Trinajstić information content (AvgIpc) is 2.74. The van der Waals surface area contributed by atoms with Crippen LogP contribution in [0, 0.1) is 0 Å². The number of aromatic nitrogens is 2. The summed E-state index contributed by atoms with van der Waals surface area (Å²) in [6.07, 6.45) is 1.85. The van der Waals surface area contributed by atoms with E-state index < -0.39 is 0 Å². The highest BCUT2D eigenvalue weighted by Gasteiger charge is 2.07. The van der Waals surface area contributed by atoms with Crippen LogP contribution in [0.2, 0.25) is 0 Å². The topological polar surface area (TPSA) is 17.8 Å². The molecule has 0 aliphatic heterocycles. The fraction of sp³-hybridized carbons (Fsp3) is 0.300. The third-order valence-corrected chi connectivity index (χ3v) is 2.66. The highest BCUT2D eigenvalue weighted by molar-refractivity contribution is 7.08. The minimum absolute atomic E-state index is 0.421. The van der Waals surface area contributed by atoms with Gasteiger partial charge in [-0.25, -0.2) is 0 Å². The van der Waals surface area contributed by atoms with E-state index in [0.717, 1.165) is 0 Å². The number of hydrogen-bond acceptors (Lipinski definition) is 2. The maximum absolute atomic E-state index is 4.29. The zero-order chi connectivity index (χ0) is 9.26. The summed E-state index contributed by atoms with van der Waals surface area (Å²) in [6.45, 7) is 4.28. The second-order valence-corrected chi connectivity index (χ2v) is 4.05. The van der Waals surface area contributed by atoms with Crippen LogP contribution in [-0.4, -0.2) is 9.78 Å². The van der Waals surface area contributed by atoms with Crippen molar-refractivity contribution in [3.05, 3.63) is 29.1 Å². The van der Waals surface area contributed by atoms with Crippen LogP contribution in [-0.2, 0) is 0 Å². The summed E-state index contributed by atoms with van der Waals surface area (Å²) in [7, 11) is 0. The Morgan fingerprint density at radius 3 is 2.85 bits per heavy atom. The zero-order valence-electron chi connectivity index (χ0n) is 7.77. The molecule has 0 unspecified atom stereocenters. The van der Waals surface area contributed by atoms with E-state index >= 15 is 0 Å². The molecule has 2 rings (SSSR count). The molecule has 0 aliphatic rings. The van der Waals surface area contributed by atoms with Crippen LogP contribution < -0.4 is 0 Å². The number of thiophene rings is 1. The Bertz CT molecular complexity index is 373. The maximum Gasteiger partial charge on any atom is 0.0693 e. The molecule has 2 nitrogen and oxygen atoms in total. The molecule has 0 spiro atoms. The summed E-state index contributed by atoms with van der Waals surface area (Å²) in [6, 6.07) is 4.60. The number of nitrogens with zero attached hydrogens (tertiary/aromatic N) is 2. The molecule has 0 radical (unpaired) electrons. The maximum atomic E-state index is 4.29. The van der Waals surface area contributed by atoms with Crippen LogP contribution in [0.15, 0.2) is 29.1 Å². The minimum Gasteiger partial charge on any atom is -0.262 e. The summed E-state index contributed by atoms with van der Waals surface area (Å²) in [5, 5.41) is 8.53. The smallest absolute Gasteiger partial charge is 0.0693 e. The van der Waals surface area contributed by atoms with Crippen molar-refractivity contribution in [2.75, 3.05) is 0 Å². The molecular weight excluding hydrogens is 180 g/mol. The van der Waals surface area contributed by atoms with Gasteiger partial charge in [0.25, 0.3) is 0 Å². The van der Waals surface area contributed by atoms with Gasteiger partial charge >= 0.3 is 0 Å². The second-order valence-electron chi connectivity index (χ2n) is 3.27. The van der Waals surface area contributed by atoms with E-state index in [1.54, 1.807) is 11.3 Å². The number of rotatable bonds is 2. The lowest BCUT2D eigenvalue weighted by atomic mass is 10.2. The first-order valence-corrected chi connectivity index (χ1v) is 5.29. The van der Waals surface area contributed by atoms with E-state index in [4.69, 9.17) is 0 Å². The Labute approximate surface area is 81.8 Å². The Hall–Kier alpha value is -1.09. The molecule has 68 valence electrons. The molecule has 0 bridgehead atoms. The van der Waals surface area contributed by atoms with Crippen LogP contribution >= 0.6 is 11.3 Å². The Balaban J connectivity index is 2.46. The predicted octanol–water partition coefficient (Wildman–Crippen LogP) is 3.19. The van der Waals surface area contributed by atoms with Crippen LogP contribution in [0.4, 0.5) is 0 Å². The first kappa shape index (κ1) is 8.51. The van der Waals surface area contributed by atoms with Crippen molar-refractivity contribution in [2.24, 2.45) is 0 Å². The van der Waals surface area contributed by atoms with E-state index in [2.05, 4.69) is 41.8 Å². The van der Waals surface area contributed by atoms with Gasteiger partial charge in [0, 0.05) is 23.2 Å². The van der Waals surface area contributed by atoms with Crippen LogP contribution in [0.3, 0.4) is 0 Å². The molecule has 0 aromatic carbocycles. The summed E-state index contributed by atoms with van der Waals surface area (Å²) in [4.78, 5) is 0. The first-order valence-electron chi connectivity index (χ1n) is 4.35. The SMILES string of the molecule is CC(C)n1nccc1-c1ccsc1. The fourth-order valence-corrected chi connectivity index (χ4v) is 2.01. The van der Waals surface area contributed by atoms with Gasteiger partial charge in [-0.1, -0.05) is 0 Å². The minimum atomic E-state index is 0.421. The van der Waals surface area contributed by atoms with Gasteiger partial charge in [-0.2, -0.15) is 16.4 Å². The van der Waals surface area contributed by atoms with Crippen LogP contribution in [0.25, 0.3) is 11.3 Å². The van der Waals surface area contributed by atoms with E-state index in [1.165, 1.54) is 11.3 Å². The van der Waals surface area contributed by atoms with Gasteiger partial charge in [0.15, 0.2) is 0 Å². The lowest BCUT2D eigenvalue weighted by molar-refractivity contribution is 0.538. The molecule has 0 N–H and O–H groups in total. The molecule has 0 saturated heterocycles. The van der Waals surface area contributed by atoms with Crippen molar-refractivity contribution in [3.8, 4) is 11.3 Å². The van der Waals surface area contributed by atoms with E-state index in [9.17, 15) is 0 Å². The van der Waals surface area contributed by atoms with Gasteiger partial charge in [-0.3, -0.25) is 4.68 Å². The molecule has 0 aliphatic carbocycles. The van der Waals surface area contributed by atoms with Crippen molar-refractivity contribution in [2.45, 2.75) is 19.9 Å². The number of hydrogen-bond donors (Lipinski definition) is 0. The molecule has 0 fully saturated rings. The van der Waals surface area contributed by atoms with E-state index in [1.807, 2.05) is 10.9 Å². The molecule has 3 heteroatoms. The van der Waals surface area contributed by atoms with E-state index in [0.29, 0.717) is 6.04 Å². The predicted molar refractivity (Wildman–Crippen MR) is 55.9 cm³/mol. The molecule has 13 heavy (non-hydrogen) atoms. The normalized spacial score (nSPS) is 11.0. The first-order chi connectivity index (χ1) is 6.29. The van der Waals surface area contributed by atoms with Crippen LogP contribution in [0.1, 0.15) is 19.9 Å². The van der Waals surface area contributed by atoms with Crippen molar-refractivity contribution in [1.82, 2.24) is 9.78 Å². The lowest BCUT2D eigenvalue weighted by Crippen LogP contribution is -2.03. The quantitative estimate of drug-likeness (QED) is 0.714. The van der Waals surface area contributed by atoms with Crippen molar-refractivity contribution < 1.29 is 0 Å². The Kier molecular flexibility index (Phi) is 2.19. The third kappa shape index (κ3) is 1.52. The Morgan fingerprint density at radius 1 is 1.38 bits per heavy atom. The van der Waals surface area contributed by atoms with Gasteiger partial charge in [-0.05, 0) is 31.4 Å². The van der Waals surface area contributed by atoms with Crippen molar-refractivity contribution >= 4 is 11.3 Å². The second kappa shape index (κ2) is 3.34. The van der Waals surface area contributed by atoms with Gasteiger partial charge in [0.2, 0.25) is 0 Å². The Morgan fingerprint density at radius 2 is 2.23 bits per heavy atom. The summed E-state index contributed by atoms with van der Waals surface area (Å²) < 4.78 is 2.04. The van der Waals surface area contributed by atoms with Crippen molar-refractivity contribution in [1.29, 1.82) is 0 Å². The molecule has 0 saturated carbocycles. The van der Waals surface area contributed by atoms with Gasteiger partial charge in [0.1, 0.15) is 0 Å². The van der Waals surface area contributed by atoms with Crippen molar-refractivity contribution in [3.63, 3.8) is 0 Å². The van der Waals surface area contributed by atoms with Crippen LogP contribution in [0.5, 0.6) is 0 Å². The molecule has 2 aromatic heterocycles. The third-order valence-electron chi connectivity index (χ3n) is 1.98. The largest absolute Gasteiger partial charge is 0.262 e. The zero-order valence-corrected chi connectivity index (χ0v) is 8.58. The standard InChI is InChI=1S/C10H12N2S/c1-8(2)12-10(3-5-11-12)9-4-6-13-7-9/h3-8H,1-2H3. The lowest BCUT2D eigenvalue weighted by Gasteiger charge is -2.09. The molecule has 0 atom stereocenters. The fourth-order valence-electron chi connectivity index (χ4n) is 1.36. The summed E-state index contributed by atoms with van der Waals surface area (Å²) in [5.41, 5.74) is 2.47. The van der Waals surface area contributed by atoms with Gasteiger partial charge in [0.05, 0.1) is 5.69 Å². The average molecular weight is 192 g/mol. The highest BCUT2D eigenvalue weighted by atomic mass is 32.1. The summed E-state index contributed by atoms with van der Waals surface area (Å²) in [5.74, 6) is 0. The van der Waals surface area contributed by atoms with E-state index in [-0.39, 0.29) is 0 Å². The molecular formula is C10H12N2S. The van der Waals surface area contributed by atoms with Gasteiger partial charge < -0.3 is 0 Å². The molecule has 2 heterocycles. The highest BCUT2D eigenvalue weighted by Crippen LogP contribution is 2.23. The monoisotopic (exact) mass is 192 g/mol.